The summed E-state index contributed by atoms with van der Waals surface area (Å²) in [6.07, 6.45) is 4.80. The van der Waals surface area contributed by atoms with Gasteiger partial charge in [0.2, 0.25) is 10.0 Å². The van der Waals surface area contributed by atoms with E-state index in [1.807, 2.05) is 19.1 Å². The van der Waals surface area contributed by atoms with Gasteiger partial charge >= 0.3 is 0 Å². The number of nitriles is 1. The van der Waals surface area contributed by atoms with Gasteiger partial charge in [0.25, 0.3) is 0 Å². The average molecular weight is 378 g/mol. The van der Waals surface area contributed by atoms with Crippen LogP contribution in [0.25, 0.3) is 27.7 Å². The number of H-pyrrole nitrogens is 1. The van der Waals surface area contributed by atoms with Crippen LogP contribution in [0.5, 0.6) is 0 Å². The van der Waals surface area contributed by atoms with Gasteiger partial charge in [-0.25, -0.2) is 18.2 Å². The molecule has 0 saturated heterocycles. The van der Waals surface area contributed by atoms with E-state index < -0.39 is 10.0 Å². The molecule has 2 heterocycles. The van der Waals surface area contributed by atoms with E-state index in [0.29, 0.717) is 27.9 Å². The Hall–Kier alpha value is -3.48. The van der Waals surface area contributed by atoms with Crippen molar-refractivity contribution in [1.29, 1.82) is 5.26 Å². The second-order valence-corrected chi connectivity index (χ2v) is 7.60. The van der Waals surface area contributed by atoms with Crippen molar-refractivity contribution >= 4 is 20.9 Å². The van der Waals surface area contributed by atoms with E-state index in [1.54, 1.807) is 24.5 Å². The maximum absolute atomic E-state index is 12.2. The molecule has 0 radical (unpaired) electrons. The highest BCUT2D eigenvalue weighted by atomic mass is 32.2. The summed E-state index contributed by atoms with van der Waals surface area (Å²) in [6.45, 7) is 1.90. The van der Waals surface area contributed by atoms with Crippen LogP contribution in [0.15, 0.2) is 53.8 Å². The second-order valence-electron chi connectivity index (χ2n) is 6.07. The number of hydrogen-bond acceptors (Lipinski definition) is 5. The molecule has 0 aliphatic carbocycles. The molecule has 0 atom stereocenters. The second kappa shape index (κ2) is 6.05. The highest BCUT2D eigenvalue weighted by Crippen LogP contribution is 2.36. The molecule has 4 rings (SSSR count). The first-order valence-corrected chi connectivity index (χ1v) is 9.49. The van der Waals surface area contributed by atoms with Crippen molar-refractivity contribution in [3.05, 3.63) is 60.0 Å². The van der Waals surface area contributed by atoms with Crippen molar-refractivity contribution in [2.45, 2.75) is 11.8 Å². The van der Waals surface area contributed by atoms with Crippen LogP contribution in [-0.2, 0) is 10.0 Å². The summed E-state index contributed by atoms with van der Waals surface area (Å²) in [5, 5.41) is 23.3. The standard InChI is InChI=1S/C18H14N6O2S/c1-11-2-4-14(18-17(11)12(9-19)10-21-18)15-8-13(24-7-6-22-23-24)3-5-16(15)27(20,25)26/h2-8,10,21H,1H3,(H2,20,25,26). The Morgan fingerprint density at radius 1 is 1.22 bits per heavy atom. The van der Waals surface area contributed by atoms with Gasteiger partial charge in [0, 0.05) is 22.7 Å². The van der Waals surface area contributed by atoms with Gasteiger partial charge in [0.1, 0.15) is 6.07 Å². The molecule has 3 N–H and O–H groups in total. The molecule has 0 unspecified atom stereocenters. The third-order valence-corrected chi connectivity index (χ3v) is 5.38. The van der Waals surface area contributed by atoms with Crippen LogP contribution in [-0.4, -0.2) is 28.4 Å². The fourth-order valence-corrected chi connectivity index (χ4v) is 3.93. The molecule has 0 amide bonds. The van der Waals surface area contributed by atoms with Crippen LogP contribution in [0.3, 0.4) is 0 Å². The number of sulfonamides is 1. The van der Waals surface area contributed by atoms with E-state index in [9.17, 15) is 13.7 Å². The number of primary sulfonamides is 1. The molecule has 0 fully saturated rings. The molecule has 134 valence electrons. The zero-order chi connectivity index (χ0) is 19.2. The number of nitrogens with two attached hydrogens (primary N) is 1. The van der Waals surface area contributed by atoms with Gasteiger partial charge < -0.3 is 4.98 Å². The van der Waals surface area contributed by atoms with Gasteiger partial charge in [0.05, 0.1) is 34.1 Å². The number of benzene rings is 2. The third kappa shape index (κ3) is 2.77. The van der Waals surface area contributed by atoms with Crippen molar-refractivity contribution in [3.8, 4) is 22.9 Å². The van der Waals surface area contributed by atoms with Crippen LogP contribution >= 0.6 is 0 Å². The fourth-order valence-electron chi connectivity index (χ4n) is 3.20. The summed E-state index contributed by atoms with van der Waals surface area (Å²) in [4.78, 5) is 3.08. The lowest BCUT2D eigenvalue weighted by Gasteiger charge is -2.12. The van der Waals surface area contributed by atoms with Gasteiger partial charge in [-0.15, -0.1) is 5.10 Å². The van der Waals surface area contributed by atoms with E-state index in [0.717, 1.165) is 10.9 Å². The Morgan fingerprint density at radius 2 is 2.04 bits per heavy atom. The number of aromatic amines is 1. The van der Waals surface area contributed by atoms with Crippen LogP contribution in [0.4, 0.5) is 0 Å². The highest BCUT2D eigenvalue weighted by Gasteiger charge is 2.20. The first-order chi connectivity index (χ1) is 12.9. The van der Waals surface area contributed by atoms with Crippen LogP contribution in [0, 0.1) is 18.3 Å². The first-order valence-electron chi connectivity index (χ1n) is 7.95. The summed E-state index contributed by atoms with van der Waals surface area (Å²) >= 11 is 0. The minimum absolute atomic E-state index is 0.00961. The predicted octanol–water partition coefficient (Wildman–Crippen LogP) is 2.24. The number of hydrogen-bond donors (Lipinski definition) is 2. The molecule has 0 bridgehead atoms. The molecule has 0 spiro atoms. The summed E-state index contributed by atoms with van der Waals surface area (Å²) in [6, 6.07) is 10.6. The normalized spacial score (nSPS) is 11.6. The molecule has 8 nitrogen and oxygen atoms in total. The van der Waals surface area contributed by atoms with Gasteiger partial charge in [-0.3, -0.25) is 0 Å². The SMILES string of the molecule is Cc1ccc(-c2cc(-n3ccnn3)ccc2S(N)(=O)=O)c2[nH]cc(C#N)c12. The van der Waals surface area contributed by atoms with E-state index >= 15 is 0 Å². The van der Waals surface area contributed by atoms with Crippen molar-refractivity contribution < 1.29 is 8.42 Å². The molecule has 2 aromatic carbocycles. The Kier molecular flexibility index (Phi) is 3.80. The van der Waals surface area contributed by atoms with E-state index in [2.05, 4.69) is 21.4 Å². The topological polar surface area (TPSA) is 130 Å². The number of aromatic nitrogens is 4. The summed E-state index contributed by atoms with van der Waals surface area (Å²) in [7, 11) is -3.97. The number of nitrogens with zero attached hydrogens (tertiary/aromatic N) is 4. The van der Waals surface area contributed by atoms with Gasteiger partial charge in [-0.1, -0.05) is 17.3 Å². The summed E-state index contributed by atoms with van der Waals surface area (Å²) in [5.74, 6) is 0. The minimum atomic E-state index is -3.97. The van der Waals surface area contributed by atoms with Crippen LogP contribution < -0.4 is 5.14 Å². The quantitative estimate of drug-likeness (QED) is 0.564. The van der Waals surface area contributed by atoms with Crippen LogP contribution in [0.2, 0.25) is 0 Å². The zero-order valence-electron chi connectivity index (χ0n) is 14.2. The number of rotatable bonds is 3. The van der Waals surface area contributed by atoms with Crippen molar-refractivity contribution in [3.63, 3.8) is 0 Å². The third-order valence-electron chi connectivity index (χ3n) is 4.41. The van der Waals surface area contributed by atoms with Crippen molar-refractivity contribution in [2.75, 3.05) is 0 Å². The minimum Gasteiger partial charge on any atom is -0.359 e. The van der Waals surface area contributed by atoms with E-state index in [-0.39, 0.29) is 4.90 Å². The average Bonchev–Trinajstić information content (AvgIpc) is 3.31. The lowest BCUT2D eigenvalue weighted by Crippen LogP contribution is -2.14. The zero-order valence-corrected chi connectivity index (χ0v) is 15.0. The smallest absolute Gasteiger partial charge is 0.238 e. The van der Waals surface area contributed by atoms with Gasteiger partial charge in [-0.05, 0) is 30.7 Å². The lowest BCUT2D eigenvalue weighted by molar-refractivity contribution is 0.598. The molecule has 9 heteroatoms. The lowest BCUT2D eigenvalue weighted by atomic mass is 9.98. The summed E-state index contributed by atoms with van der Waals surface area (Å²) in [5.41, 5.74) is 3.76. The molecule has 0 saturated carbocycles. The van der Waals surface area contributed by atoms with E-state index in [4.69, 9.17) is 5.14 Å². The Bertz CT molecular complexity index is 1310. The van der Waals surface area contributed by atoms with E-state index in [1.165, 1.54) is 16.9 Å². The molecular weight excluding hydrogens is 364 g/mol. The highest BCUT2D eigenvalue weighted by molar-refractivity contribution is 7.89. The first kappa shape index (κ1) is 17.0. The molecule has 4 aromatic rings. The molecule has 27 heavy (non-hydrogen) atoms. The summed E-state index contributed by atoms with van der Waals surface area (Å²) < 4.78 is 25.9. The molecule has 0 aliphatic heterocycles. The number of nitrogens with one attached hydrogen (secondary N) is 1. The van der Waals surface area contributed by atoms with Crippen molar-refractivity contribution in [2.24, 2.45) is 5.14 Å². The number of fused-ring (bicyclic) bond motifs is 1. The Morgan fingerprint density at radius 3 is 2.70 bits per heavy atom. The van der Waals surface area contributed by atoms with Gasteiger partial charge in [0.15, 0.2) is 0 Å². The molecular formula is C18H14N6O2S. The largest absolute Gasteiger partial charge is 0.359 e. The Balaban J connectivity index is 2.08. The fraction of sp³-hybridized carbons (Fsp3) is 0.0556. The Labute approximate surface area is 154 Å². The molecule has 0 aliphatic rings. The maximum Gasteiger partial charge on any atom is 0.238 e. The number of aryl methyl sites for hydroxylation is 1. The molecule has 2 aromatic heterocycles. The monoisotopic (exact) mass is 378 g/mol. The van der Waals surface area contributed by atoms with Crippen LogP contribution in [0.1, 0.15) is 11.1 Å². The predicted molar refractivity (Wildman–Crippen MR) is 99.5 cm³/mol. The van der Waals surface area contributed by atoms with Gasteiger partial charge in [-0.2, -0.15) is 5.26 Å². The maximum atomic E-state index is 12.2. The van der Waals surface area contributed by atoms with Crippen molar-refractivity contribution in [1.82, 2.24) is 20.0 Å².